The molecule has 1 aromatic carbocycles. The van der Waals surface area contributed by atoms with Gasteiger partial charge >= 0.3 is 5.97 Å². The van der Waals surface area contributed by atoms with Gasteiger partial charge in [-0.3, -0.25) is 9.59 Å². The number of thioether (sulfide) groups is 1. The fraction of sp³-hybridized carbons (Fsp3) is 0.385. The molecule has 1 rings (SSSR count). The van der Waals surface area contributed by atoms with Crippen LogP contribution in [0, 0.1) is 11.6 Å². The average molecular weight is 318 g/mol. The van der Waals surface area contributed by atoms with Crippen molar-refractivity contribution in [3.8, 4) is 0 Å². The number of nitrogens with one attached hydrogen (secondary N) is 1. The molecule has 5 nitrogen and oxygen atoms in total. The molecular weight excluding hydrogens is 302 g/mol. The van der Waals surface area contributed by atoms with Crippen molar-refractivity contribution in [2.45, 2.75) is 13.0 Å². The van der Waals surface area contributed by atoms with Crippen LogP contribution in [0.5, 0.6) is 0 Å². The van der Waals surface area contributed by atoms with Gasteiger partial charge in [0.05, 0.1) is 18.0 Å². The van der Waals surface area contributed by atoms with Gasteiger partial charge in [0.15, 0.2) is 0 Å². The fourth-order valence-corrected chi connectivity index (χ4v) is 2.14. The van der Waals surface area contributed by atoms with Gasteiger partial charge in [-0.15, -0.1) is 11.8 Å². The van der Waals surface area contributed by atoms with E-state index in [-0.39, 0.29) is 23.8 Å². The number of anilines is 1. The lowest BCUT2D eigenvalue weighted by atomic mass is 10.3. The third kappa shape index (κ3) is 6.09. The van der Waals surface area contributed by atoms with Gasteiger partial charge in [0.25, 0.3) is 0 Å². The van der Waals surface area contributed by atoms with Crippen molar-refractivity contribution in [3.63, 3.8) is 0 Å². The van der Waals surface area contributed by atoms with E-state index in [9.17, 15) is 18.4 Å². The van der Waals surface area contributed by atoms with Gasteiger partial charge in [0.1, 0.15) is 17.7 Å². The van der Waals surface area contributed by atoms with Gasteiger partial charge in [-0.2, -0.15) is 0 Å². The molecule has 0 saturated heterocycles. The third-order valence-corrected chi connectivity index (χ3v) is 3.39. The van der Waals surface area contributed by atoms with Gasteiger partial charge in [-0.25, -0.2) is 8.78 Å². The van der Waals surface area contributed by atoms with E-state index < -0.39 is 29.6 Å². The molecule has 0 aliphatic heterocycles. The van der Waals surface area contributed by atoms with E-state index >= 15 is 0 Å². The molecule has 8 heteroatoms. The Kier molecular flexibility index (Phi) is 7.10. The van der Waals surface area contributed by atoms with Gasteiger partial charge < -0.3 is 15.8 Å². The third-order valence-electron chi connectivity index (χ3n) is 2.33. The fourth-order valence-electron chi connectivity index (χ4n) is 1.37. The van der Waals surface area contributed by atoms with Crippen LogP contribution in [0.3, 0.4) is 0 Å². The number of carbonyl (C=O) groups excluding carboxylic acids is 2. The summed E-state index contributed by atoms with van der Waals surface area (Å²) in [5, 5.41) is 2.31. The summed E-state index contributed by atoms with van der Waals surface area (Å²) in [5.41, 5.74) is 5.45. The Hall–Kier alpha value is -1.67. The zero-order valence-corrected chi connectivity index (χ0v) is 12.2. The summed E-state index contributed by atoms with van der Waals surface area (Å²) in [7, 11) is 0. The molecule has 0 radical (unpaired) electrons. The number of rotatable bonds is 7. The predicted molar refractivity (Wildman–Crippen MR) is 76.9 cm³/mol. The van der Waals surface area contributed by atoms with Gasteiger partial charge in [0, 0.05) is 11.8 Å². The number of amides is 1. The molecule has 0 fully saturated rings. The molecule has 0 bridgehead atoms. The lowest BCUT2D eigenvalue weighted by Gasteiger charge is -2.10. The number of ether oxygens (including phenoxy) is 1. The van der Waals surface area contributed by atoms with Crippen LogP contribution in [0.2, 0.25) is 0 Å². The SMILES string of the molecule is CCOC(=O)C(N)CSCC(=O)Nc1ccc(F)cc1F. The van der Waals surface area contributed by atoms with E-state index in [1.807, 2.05) is 0 Å². The highest BCUT2D eigenvalue weighted by Gasteiger charge is 2.15. The minimum atomic E-state index is -0.850. The van der Waals surface area contributed by atoms with Crippen LogP contribution >= 0.6 is 11.8 Å². The average Bonchev–Trinajstić information content (AvgIpc) is 2.42. The van der Waals surface area contributed by atoms with Crippen molar-refractivity contribution < 1.29 is 23.1 Å². The van der Waals surface area contributed by atoms with Crippen LogP contribution in [0.4, 0.5) is 14.5 Å². The maximum atomic E-state index is 13.3. The highest BCUT2D eigenvalue weighted by molar-refractivity contribution is 8.00. The first-order chi connectivity index (χ1) is 9.93. The maximum Gasteiger partial charge on any atom is 0.323 e. The van der Waals surface area contributed by atoms with E-state index in [0.29, 0.717) is 6.07 Å². The van der Waals surface area contributed by atoms with Crippen molar-refractivity contribution in [3.05, 3.63) is 29.8 Å². The second-order valence-corrected chi connectivity index (χ2v) is 5.08. The molecule has 0 aliphatic rings. The number of hydrogen-bond donors (Lipinski definition) is 2. The summed E-state index contributed by atoms with van der Waals surface area (Å²) >= 11 is 1.12. The Balaban J connectivity index is 2.36. The van der Waals surface area contributed by atoms with Crippen LogP contribution < -0.4 is 11.1 Å². The molecule has 1 atom stereocenters. The van der Waals surface area contributed by atoms with Crippen LogP contribution in [0.1, 0.15) is 6.92 Å². The molecule has 0 spiro atoms. The summed E-state index contributed by atoms with van der Waals surface area (Å²) in [4.78, 5) is 22.8. The largest absolute Gasteiger partial charge is 0.465 e. The second kappa shape index (κ2) is 8.58. The first-order valence-corrected chi connectivity index (χ1v) is 7.34. The monoisotopic (exact) mass is 318 g/mol. The topological polar surface area (TPSA) is 81.4 Å². The van der Waals surface area contributed by atoms with E-state index in [4.69, 9.17) is 10.5 Å². The van der Waals surface area contributed by atoms with Gasteiger partial charge in [0.2, 0.25) is 5.91 Å². The van der Waals surface area contributed by atoms with Crippen molar-refractivity contribution in [1.82, 2.24) is 0 Å². The maximum absolute atomic E-state index is 13.3. The quantitative estimate of drug-likeness (QED) is 0.745. The highest BCUT2D eigenvalue weighted by atomic mass is 32.2. The van der Waals surface area contributed by atoms with E-state index in [2.05, 4.69) is 5.32 Å². The number of nitrogens with two attached hydrogens (primary N) is 1. The first-order valence-electron chi connectivity index (χ1n) is 6.19. The van der Waals surface area contributed by atoms with Crippen molar-refractivity contribution in [2.24, 2.45) is 5.73 Å². The van der Waals surface area contributed by atoms with Crippen LogP contribution in [0.15, 0.2) is 18.2 Å². The standard InChI is InChI=1S/C13H16F2N2O3S/c1-2-20-13(19)10(16)6-21-7-12(18)17-11-4-3-8(14)5-9(11)15/h3-5,10H,2,6-7,16H2,1H3,(H,17,18). The highest BCUT2D eigenvalue weighted by Crippen LogP contribution is 2.15. The van der Waals surface area contributed by atoms with Gasteiger partial charge in [-0.1, -0.05) is 0 Å². The van der Waals surface area contributed by atoms with Gasteiger partial charge in [-0.05, 0) is 19.1 Å². The Labute approximate surface area is 125 Å². The number of hydrogen-bond acceptors (Lipinski definition) is 5. The summed E-state index contributed by atoms with van der Waals surface area (Å²) < 4.78 is 30.7. The molecule has 0 saturated carbocycles. The van der Waals surface area contributed by atoms with E-state index in [1.165, 1.54) is 0 Å². The number of carbonyl (C=O) groups is 2. The summed E-state index contributed by atoms with van der Waals surface area (Å²) in [5.74, 6) is -2.38. The van der Waals surface area contributed by atoms with Crippen molar-refractivity contribution in [1.29, 1.82) is 0 Å². The Morgan fingerprint density at radius 3 is 2.76 bits per heavy atom. The zero-order chi connectivity index (χ0) is 15.8. The Morgan fingerprint density at radius 2 is 2.14 bits per heavy atom. The van der Waals surface area contributed by atoms with Crippen LogP contribution in [-0.4, -0.2) is 36.0 Å². The predicted octanol–water partition coefficient (Wildman–Crippen LogP) is 1.53. The molecule has 3 N–H and O–H groups in total. The summed E-state index contributed by atoms with van der Waals surface area (Å²) in [6.07, 6.45) is 0. The van der Waals surface area contributed by atoms with E-state index in [1.54, 1.807) is 6.92 Å². The summed E-state index contributed by atoms with van der Waals surface area (Å²) in [6, 6.07) is 2.05. The number of halogens is 2. The van der Waals surface area contributed by atoms with E-state index in [0.717, 1.165) is 23.9 Å². The van der Waals surface area contributed by atoms with Crippen LogP contribution in [-0.2, 0) is 14.3 Å². The molecule has 1 unspecified atom stereocenters. The van der Waals surface area contributed by atoms with Crippen LogP contribution in [0.25, 0.3) is 0 Å². The lowest BCUT2D eigenvalue weighted by Crippen LogP contribution is -2.35. The lowest BCUT2D eigenvalue weighted by molar-refractivity contribution is -0.144. The Bertz CT molecular complexity index is 514. The minimum absolute atomic E-state index is 0.01000. The molecule has 21 heavy (non-hydrogen) atoms. The molecule has 116 valence electrons. The first kappa shape index (κ1) is 17.4. The minimum Gasteiger partial charge on any atom is -0.465 e. The molecule has 0 heterocycles. The van der Waals surface area contributed by atoms with Crippen molar-refractivity contribution in [2.75, 3.05) is 23.4 Å². The molecular formula is C13H16F2N2O3S. The molecule has 1 aromatic rings. The molecule has 1 amide bonds. The molecule has 0 aromatic heterocycles. The summed E-state index contributed by atoms with van der Waals surface area (Å²) in [6.45, 7) is 1.91. The Morgan fingerprint density at radius 1 is 1.43 bits per heavy atom. The molecule has 0 aliphatic carbocycles. The zero-order valence-electron chi connectivity index (χ0n) is 11.4. The smallest absolute Gasteiger partial charge is 0.323 e. The van der Waals surface area contributed by atoms with Crippen molar-refractivity contribution >= 4 is 29.3 Å². The number of benzene rings is 1. The normalized spacial score (nSPS) is 11.8. The number of esters is 1. The second-order valence-electron chi connectivity index (χ2n) is 4.05.